The zero-order chi connectivity index (χ0) is 30.7. The number of nitrogen functional groups attached to an aromatic ring is 1. The third-order valence-electron chi connectivity index (χ3n) is 8.26. The third kappa shape index (κ3) is 11.6. The lowest BCUT2D eigenvalue weighted by Gasteiger charge is -2.12. The molecule has 240 valence electrons. The van der Waals surface area contributed by atoms with Crippen molar-refractivity contribution in [1.82, 2.24) is 19.9 Å². The summed E-state index contributed by atoms with van der Waals surface area (Å²) in [6.07, 6.45) is 21.3. The van der Waals surface area contributed by atoms with Gasteiger partial charge in [-0.25, -0.2) is 9.97 Å². The average Bonchev–Trinajstić information content (AvgIpc) is 3.34. The van der Waals surface area contributed by atoms with Crippen LogP contribution in [0.5, 0.6) is 5.75 Å². The molecule has 0 aliphatic rings. The number of carbonyl (C=O) groups excluding carboxylic acids is 1. The number of hydrogen-bond donors (Lipinski definition) is 2. The number of fused-ring (bicyclic) bond motifs is 3. The first-order valence-electron chi connectivity index (χ1n) is 17.1. The van der Waals surface area contributed by atoms with Gasteiger partial charge in [0.05, 0.1) is 23.0 Å². The third-order valence-corrected chi connectivity index (χ3v) is 8.26. The highest BCUT2D eigenvalue weighted by Crippen LogP contribution is 2.34. The second-order valence-electron chi connectivity index (χ2n) is 11.8. The van der Waals surface area contributed by atoms with Gasteiger partial charge in [-0.15, -0.1) is 0 Å². The Hall–Kier alpha value is -2.87. The molecule has 0 saturated carbocycles. The standard InChI is InChI=1S/C35H57N5O3/c1-4-6-7-8-9-10-11-12-13-14-15-16-17-18-19-24-31(41)37-25-21-26-43-29-23-20-22-28-32(29)34-33(35(36)38-28)39-30(40(34)3)27-42-5-2/h20,22-23H,4-19,21,24-27H2,1-3H3,(H2,36,38)(H,37,41). The van der Waals surface area contributed by atoms with Crippen LogP contribution >= 0.6 is 0 Å². The van der Waals surface area contributed by atoms with Crippen molar-refractivity contribution in [3.63, 3.8) is 0 Å². The van der Waals surface area contributed by atoms with Gasteiger partial charge in [0.1, 0.15) is 23.7 Å². The summed E-state index contributed by atoms with van der Waals surface area (Å²) in [4.78, 5) is 21.5. The molecule has 0 unspecified atom stereocenters. The maximum Gasteiger partial charge on any atom is 0.219 e. The molecule has 3 rings (SSSR count). The van der Waals surface area contributed by atoms with E-state index in [9.17, 15) is 4.79 Å². The van der Waals surface area contributed by atoms with Crippen LogP contribution in [0.3, 0.4) is 0 Å². The van der Waals surface area contributed by atoms with Gasteiger partial charge in [-0.05, 0) is 31.9 Å². The fourth-order valence-corrected chi connectivity index (χ4v) is 5.71. The molecule has 2 heterocycles. The summed E-state index contributed by atoms with van der Waals surface area (Å²) in [6.45, 7) is 6.36. The highest BCUT2D eigenvalue weighted by Gasteiger charge is 2.18. The second-order valence-corrected chi connectivity index (χ2v) is 11.8. The van der Waals surface area contributed by atoms with E-state index in [1.54, 1.807) is 0 Å². The number of hydrogen-bond acceptors (Lipinski definition) is 6. The smallest absolute Gasteiger partial charge is 0.219 e. The maximum atomic E-state index is 12.3. The molecule has 1 aromatic carbocycles. The van der Waals surface area contributed by atoms with Gasteiger partial charge in [0.2, 0.25) is 5.91 Å². The van der Waals surface area contributed by atoms with Crippen LogP contribution in [0.4, 0.5) is 5.82 Å². The lowest BCUT2D eigenvalue weighted by Crippen LogP contribution is -2.25. The molecule has 1 amide bonds. The number of aryl methyl sites for hydroxylation is 1. The van der Waals surface area contributed by atoms with Crippen LogP contribution in [0, 0.1) is 0 Å². The van der Waals surface area contributed by atoms with E-state index < -0.39 is 0 Å². The van der Waals surface area contributed by atoms with Crippen LogP contribution in [-0.2, 0) is 23.2 Å². The SMILES string of the molecule is CCCCCCCCCCCCCCCCCC(=O)NCCCOc1cccc2nc(N)c3nc(COCC)n(C)c3c12. The van der Waals surface area contributed by atoms with E-state index in [1.807, 2.05) is 36.7 Å². The van der Waals surface area contributed by atoms with Crippen LogP contribution in [0.15, 0.2) is 18.2 Å². The Labute approximate surface area is 259 Å². The average molecular weight is 596 g/mol. The molecule has 0 atom stereocenters. The van der Waals surface area contributed by atoms with E-state index in [0.717, 1.165) is 47.3 Å². The molecule has 3 N–H and O–H groups in total. The Kier molecular flexibility index (Phi) is 16.2. The van der Waals surface area contributed by atoms with E-state index in [1.165, 1.54) is 83.5 Å². The molecule has 8 nitrogen and oxygen atoms in total. The van der Waals surface area contributed by atoms with Gasteiger partial charge in [-0.3, -0.25) is 4.79 Å². The second kappa shape index (κ2) is 20.2. The zero-order valence-corrected chi connectivity index (χ0v) is 27.2. The summed E-state index contributed by atoms with van der Waals surface area (Å²) < 4.78 is 13.8. The molecule has 2 aromatic heterocycles. The number of nitrogens with zero attached hydrogens (tertiary/aromatic N) is 3. The number of anilines is 1. The Bertz CT molecular complexity index is 1230. The largest absolute Gasteiger partial charge is 0.493 e. The lowest BCUT2D eigenvalue weighted by molar-refractivity contribution is -0.121. The van der Waals surface area contributed by atoms with Crippen molar-refractivity contribution in [3.8, 4) is 5.75 Å². The Balaban J connectivity index is 1.27. The molecule has 0 radical (unpaired) electrons. The quantitative estimate of drug-likeness (QED) is 0.101. The number of amides is 1. The molecule has 0 aliphatic heterocycles. The summed E-state index contributed by atoms with van der Waals surface area (Å²) in [5, 5.41) is 3.94. The zero-order valence-electron chi connectivity index (χ0n) is 27.2. The molecule has 43 heavy (non-hydrogen) atoms. The van der Waals surface area contributed by atoms with Crippen molar-refractivity contribution in [2.75, 3.05) is 25.5 Å². The molecule has 0 saturated heterocycles. The topological polar surface area (TPSA) is 104 Å². The van der Waals surface area contributed by atoms with Gasteiger partial charge in [0, 0.05) is 26.6 Å². The summed E-state index contributed by atoms with van der Waals surface area (Å²) in [5.41, 5.74) is 8.57. The maximum absolute atomic E-state index is 12.3. The van der Waals surface area contributed by atoms with Crippen molar-refractivity contribution in [2.45, 2.75) is 130 Å². The molecule has 0 fully saturated rings. The molecular formula is C35H57N5O3. The Morgan fingerprint density at radius 3 is 2.12 bits per heavy atom. The van der Waals surface area contributed by atoms with Gasteiger partial charge in [-0.2, -0.15) is 0 Å². The highest BCUT2D eigenvalue weighted by atomic mass is 16.5. The molecule has 0 aliphatic carbocycles. The van der Waals surface area contributed by atoms with Gasteiger partial charge < -0.3 is 25.1 Å². The number of imidazole rings is 1. The minimum Gasteiger partial charge on any atom is -0.493 e. The molecule has 0 bridgehead atoms. The molecular weight excluding hydrogens is 538 g/mol. The number of nitrogens with two attached hydrogens (primary N) is 1. The molecule has 0 spiro atoms. The summed E-state index contributed by atoms with van der Waals surface area (Å²) >= 11 is 0. The number of pyridine rings is 1. The van der Waals surface area contributed by atoms with Gasteiger partial charge >= 0.3 is 0 Å². The first kappa shape index (κ1) is 34.6. The lowest BCUT2D eigenvalue weighted by atomic mass is 10.0. The number of aromatic nitrogens is 3. The predicted octanol–water partition coefficient (Wildman–Crippen LogP) is 8.39. The van der Waals surface area contributed by atoms with E-state index in [0.29, 0.717) is 44.1 Å². The van der Waals surface area contributed by atoms with Crippen LogP contribution < -0.4 is 15.8 Å². The van der Waals surface area contributed by atoms with Crippen LogP contribution in [0.1, 0.15) is 129 Å². The Morgan fingerprint density at radius 1 is 0.860 bits per heavy atom. The monoisotopic (exact) mass is 595 g/mol. The van der Waals surface area contributed by atoms with Crippen LogP contribution in [0.25, 0.3) is 21.9 Å². The highest BCUT2D eigenvalue weighted by molar-refractivity contribution is 6.09. The van der Waals surface area contributed by atoms with Crippen molar-refractivity contribution in [1.29, 1.82) is 0 Å². The molecule has 3 aromatic rings. The van der Waals surface area contributed by atoms with E-state index in [4.69, 9.17) is 15.2 Å². The van der Waals surface area contributed by atoms with Crippen molar-refractivity contribution in [3.05, 3.63) is 24.0 Å². The number of benzene rings is 1. The number of rotatable bonds is 24. The van der Waals surface area contributed by atoms with E-state index in [2.05, 4.69) is 22.2 Å². The Morgan fingerprint density at radius 2 is 1.49 bits per heavy atom. The predicted molar refractivity (Wildman–Crippen MR) is 178 cm³/mol. The summed E-state index contributed by atoms with van der Waals surface area (Å²) in [6, 6.07) is 5.81. The number of carbonyl (C=O) groups is 1. The summed E-state index contributed by atoms with van der Waals surface area (Å²) in [7, 11) is 1.97. The van der Waals surface area contributed by atoms with E-state index >= 15 is 0 Å². The van der Waals surface area contributed by atoms with Crippen molar-refractivity contribution < 1.29 is 14.3 Å². The number of unbranched alkanes of at least 4 members (excludes halogenated alkanes) is 14. The summed E-state index contributed by atoms with van der Waals surface area (Å²) in [5.74, 6) is 2.07. The van der Waals surface area contributed by atoms with Crippen LogP contribution in [0.2, 0.25) is 0 Å². The van der Waals surface area contributed by atoms with Crippen molar-refractivity contribution in [2.24, 2.45) is 7.05 Å². The number of nitrogens with one attached hydrogen (secondary N) is 1. The normalized spacial score (nSPS) is 11.5. The fraction of sp³-hybridized carbons (Fsp3) is 0.686. The van der Waals surface area contributed by atoms with Gasteiger partial charge in [0.15, 0.2) is 5.82 Å². The van der Waals surface area contributed by atoms with Gasteiger partial charge in [-0.1, -0.05) is 103 Å². The molecule has 8 heteroatoms. The number of ether oxygens (including phenoxy) is 2. The first-order valence-corrected chi connectivity index (χ1v) is 17.1. The fourth-order valence-electron chi connectivity index (χ4n) is 5.71. The van der Waals surface area contributed by atoms with E-state index in [-0.39, 0.29) is 5.91 Å². The van der Waals surface area contributed by atoms with Gasteiger partial charge in [0.25, 0.3) is 0 Å². The first-order chi connectivity index (χ1) is 21.1. The minimum atomic E-state index is 0.137. The minimum absolute atomic E-state index is 0.137. The van der Waals surface area contributed by atoms with Crippen molar-refractivity contribution >= 4 is 33.7 Å². The van der Waals surface area contributed by atoms with Crippen LogP contribution in [-0.4, -0.2) is 40.2 Å².